The third-order valence-corrected chi connectivity index (χ3v) is 3.05. The highest BCUT2D eigenvalue weighted by Crippen LogP contribution is 2.30. The molecule has 0 atom stereocenters. The first-order chi connectivity index (χ1) is 9.29. The van der Waals surface area contributed by atoms with Crippen molar-refractivity contribution in [2.75, 3.05) is 0 Å². The van der Waals surface area contributed by atoms with Gasteiger partial charge in [0.1, 0.15) is 0 Å². The second kappa shape index (κ2) is 5.49. The molecule has 7 heteroatoms. The number of thiol groups is 1. The van der Waals surface area contributed by atoms with Crippen LogP contribution in [0.3, 0.4) is 0 Å². The Morgan fingerprint density at radius 3 is 2.50 bits per heavy atom. The number of nitrogens with two attached hydrogens (primary N) is 1. The van der Waals surface area contributed by atoms with Gasteiger partial charge >= 0.3 is 6.18 Å². The van der Waals surface area contributed by atoms with Crippen molar-refractivity contribution in [3.63, 3.8) is 0 Å². The first-order valence-electron chi connectivity index (χ1n) is 5.92. The first kappa shape index (κ1) is 14.9. The molecule has 0 amide bonds. The van der Waals surface area contributed by atoms with Gasteiger partial charge in [0.05, 0.1) is 6.54 Å². The largest absolute Gasteiger partial charge is 0.435 e. The van der Waals surface area contributed by atoms with Crippen LogP contribution in [-0.4, -0.2) is 9.78 Å². The molecule has 0 saturated carbocycles. The van der Waals surface area contributed by atoms with E-state index in [1.807, 2.05) is 19.1 Å². The van der Waals surface area contributed by atoms with E-state index in [0.717, 1.165) is 16.0 Å². The molecule has 1 heterocycles. The summed E-state index contributed by atoms with van der Waals surface area (Å²) in [6.07, 6.45) is -3.15. The predicted molar refractivity (Wildman–Crippen MR) is 72.7 cm³/mol. The van der Waals surface area contributed by atoms with Crippen molar-refractivity contribution in [1.29, 1.82) is 0 Å². The zero-order chi connectivity index (χ0) is 14.9. The van der Waals surface area contributed by atoms with E-state index in [9.17, 15) is 13.2 Å². The van der Waals surface area contributed by atoms with Gasteiger partial charge < -0.3 is 5.73 Å². The lowest BCUT2D eigenvalue weighted by Crippen LogP contribution is -2.11. The topological polar surface area (TPSA) is 43.8 Å². The maximum atomic E-state index is 12.8. The van der Waals surface area contributed by atoms with Crippen LogP contribution >= 0.6 is 12.6 Å². The van der Waals surface area contributed by atoms with Crippen molar-refractivity contribution in [3.8, 4) is 0 Å². The molecule has 0 aliphatic heterocycles. The molecule has 2 N–H and O–H groups in total. The maximum Gasteiger partial charge on any atom is 0.435 e. The molecule has 0 fully saturated rings. The molecule has 0 bridgehead atoms. The number of hydrogen-bond donors (Lipinski definition) is 2. The summed E-state index contributed by atoms with van der Waals surface area (Å²) in [5.74, 6) is 0. The fourth-order valence-corrected chi connectivity index (χ4v) is 2.42. The zero-order valence-corrected chi connectivity index (χ0v) is 11.7. The Labute approximate surface area is 120 Å². The molecule has 0 saturated heterocycles. The standard InChI is InChI=1S/C13H14F3N3S/c1-8-2-9(4-11(20)3-8)6-19-7-10(5-17)12(18-19)13(14,15)16/h2-4,7,20H,5-6,17H2,1H3. The van der Waals surface area contributed by atoms with E-state index < -0.39 is 11.9 Å². The number of alkyl halides is 3. The number of aryl methyl sites for hydroxylation is 1. The second-order valence-electron chi connectivity index (χ2n) is 4.58. The van der Waals surface area contributed by atoms with Crippen LogP contribution in [0.1, 0.15) is 22.4 Å². The Morgan fingerprint density at radius 2 is 2.00 bits per heavy atom. The summed E-state index contributed by atoms with van der Waals surface area (Å²) in [6, 6.07) is 5.56. The smallest absolute Gasteiger partial charge is 0.326 e. The monoisotopic (exact) mass is 301 g/mol. The third-order valence-electron chi connectivity index (χ3n) is 2.79. The van der Waals surface area contributed by atoms with Crippen LogP contribution in [-0.2, 0) is 19.3 Å². The first-order valence-corrected chi connectivity index (χ1v) is 6.37. The average Bonchev–Trinajstić information content (AvgIpc) is 2.70. The summed E-state index contributed by atoms with van der Waals surface area (Å²) in [6.45, 7) is 1.96. The van der Waals surface area contributed by atoms with Gasteiger partial charge in [-0.3, -0.25) is 4.68 Å². The predicted octanol–water partition coefficient (Wildman–Crippen LogP) is 3.01. The van der Waals surface area contributed by atoms with Crippen LogP contribution in [0.25, 0.3) is 0 Å². The lowest BCUT2D eigenvalue weighted by Gasteiger charge is -2.05. The maximum absolute atomic E-state index is 12.8. The van der Waals surface area contributed by atoms with E-state index >= 15 is 0 Å². The molecule has 2 aromatic rings. The van der Waals surface area contributed by atoms with Gasteiger partial charge in [-0.05, 0) is 30.2 Å². The van der Waals surface area contributed by atoms with Gasteiger partial charge in [-0.25, -0.2) is 0 Å². The van der Waals surface area contributed by atoms with E-state index in [2.05, 4.69) is 17.7 Å². The van der Waals surface area contributed by atoms with Crippen molar-refractivity contribution < 1.29 is 13.2 Å². The highest BCUT2D eigenvalue weighted by atomic mass is 32.1. The minimum Gasteiger partial charge on any atom is -0.326 e. The number of nitrogens with zero attached hydrogens (tertiary/aromatic N) is 2. The van der Waals surface area contributed by atoms with Crippen LogP contribution in [0.2, 0.25) is 0 Å². The van der Waals surface area contributed by atoms with E-state index in [1.54, 1.807) is 6.07 Å². The Morgan fingerprint density at radius 1 is 1.30 bits per heavy atom. The molecular weight excluding hydrogens is 287 g/mol. The molecule has 0 unspecified atom stereocenters. The van der Waals surface area contributed by atoms with Crippen LogP contribution < -0.4 is 5.73 Å². The SMILES string of the molecule is Cc1cc(S)cc(Cn2cc(CN)c(C(F)(F)F)n2)c1. The Balaban J connectivity index is 2.32. The average molecular weight is 301 g/mol. The van der Waals surface area contributed by atoms with E-state index in [-0.39, 0.29) is 18.7 Å². The van der Waals surface area contributed by atoms with Gasteiger partial charge in [-0.2, -0.15) is 18.3 Å². The molecule has 1 aromatic carbocycles. The molecular formula is C13H14F3N3S. The summed E-state index contributed by atoms with van der Waals surface area (Å²) in [5.41, 5.74) is 6.25. The highest BCUT2D eigenvalue weighted by Gasteiger charge is 2.36. The quantitative estimate of drug-likeness (QED) is 0.856. The van der Waals surface area contributed by atoms with Crippen LogP contribution in [0.5, 0.6) is 0 Å². The molecule has 3 nitrogen and oxygen atoms in total. The van der Waals surface area contributed by atoms with Crippen molar-refractivity contribution in [2.45, 2.75) is 31.1 Å². The summed E-state index contributed by atoms with van der Waals surface area (Å²) in [4.78, 5) is 0.766. The van der Waals surface area contributed by atoms with Crippen molar-refractivity contribution in [1.82, 2.24) is 9.78 Å². The van der Waals surface area contributed by atoms with Crippen molar-refractivity contribution >= 4 is 12.6 Å². The van der Waals surface area contributed by atoms with Gasteiger partial charge in [-0.1, -0.05) is 6.07 Å². The van der Waals surface area contributed by atoms with Gasteiger partial charge in [0.2, 0.25) is 0 Å². The molecule has 0 spiro atoms. The zero-order valence-electron chi connectivity index (χ0n) is 10.8. The summed E-state index contributed by atoms with van der Waals surface area (Å²) in [5, 5.41) is 3.59. The Hall–Kier alpha value is -1.47. The minimum absolute atomic E-state index is 0.00347. The minimum atomic E-state index is -4.48. The molecule has 0 aliphatic rings. The second-order valence-corrected chi connectivity index (χ2v) is 5.10. The molecule has 0 radical (unpaired) electrons. The van der Waals surface area contributed by atoms with Crippen LogP contribution in [0.15, 0.2) is 29.3 Å². The number of rotatable bonds is 3. The molecule has 1 aromatic heterocycles. The van der Waals surface area contributed by atoms with Gasteiger partial charge in [0.15, 0.2) is 5.69 Å². The summed E-state index contributed by atoms with van der Waals surface area (Å²) < 4.78 is 39.6. The van der Waals surface area contributed by atoms with Crippen LogP contribution in [0.4, 0.5) is 13.2 Å². The number of aromatic nitrogens is 2. The number of benzene rings is 1. The number of halogens is 3. The molecule has 2 rings (SSSR count). The van der Waals surface area contributed by atoms with Crippen molar-refractivity contribution in [2.24, 2.45) is 5.73 Å². The van der Waals surface area contributed by atoms with Crippen LogP contribution in [0, 0.1) is 6.92 Å². The van der Waals surface area contributed by atoms with Gasteiger partial charge in [0.25, 0.3) is 0 Å². The van der Waals surface area contributed by atoms with E-state index in [4.69, 9.17) is 5.73 Å². The third kappa shape index (κ3) is 3.34. The summed E-state index contributed by atoms with van der Waals surface area (Å²) in [7, 11) is 0. The highest BCUT2D eigenvalue weighted by molar-refractivity contribution is 7.80. The lowest BCUT2D eigenvalue weighted by molar-refractivity contribution is -0.142. The summed E-state index contributed by atoms with van der Waals surface area (Å²) >= 11 is 4.25. The molecule has 108 valence electrons. The van der Waals surface area contributed by atoms with Gasteiger partial charge in [-0.15, -0.1) is 12.6 Å². The molecule has 0 aliphatic carbocycles. The number of hydrogen-bond acceptors (Lipinski definition) is 3. The molecule has 20 heavy (non-hydrogen) atoms. The lowest BCUT2D eigenvalue weighted by atomic mass is 10.1. The Kier molecular flexibility index (Phi) is 4.10. The van der Waals surface area contributed by atoms with Crippen molar-refractivity contribution in [3.05, 3.63) is 46.8 Å². The van der Waals surface area contributed by atoms with E-state index in [1.165, 1.54) is 10.9 Å². The fourth-order valence-electron chi connectivity index (χ4n) is 2.05. The van der Waals surface area contributed by atoms with E-state index in [0.29, 0.717) is 0 Å². The van der Waals surface area contributed by atoms with Gasteiger partial charge in [0, 0.05) is 23.2 Å². The fraction of sp³-hybridized carbons (Fsp3) is 0.308. The Bertz CT molecular complexity index is 600. The normalized spacial score (nSPS) is 11.9.